The molecule has 8 heteroatoms. The van der Waals surface area contributed by atoms with Gasteiger partial charge in [-0.2, -0.15) is 0 Å². The molecule has 0 spiro atoms. The summed E-state index contributed by atoms with van der Waals surface area (Å²) < 4.78 is 0. The molecule has 19 heavy (non-hydrogen) atoms. The largest absolute Gasteiger partial charge is 0.346 e. The molecule has 0 bridgehead atoms. The average Bonchev–Trinajstić information content (AvgIpc) is 2.82. The van der Waals surface area contributed by atoms with Crippen molar-refractivity contribution in [2.24, 2.45) is 5.73 Å². The molecule has 3 N–H and O–H groups in total. The van der Waals surface area contributed by atoms with Crippen molar-refractivity contribution in [2.45, 2.75) is 18.9 Å². The number of hydrogen-bond acceptors (Lipinski definition) is 4. The predicted molar refractivity (Wildman–Crippen MR) is 77.7 cm³/mol. The third-order valence-corrected chi connectivity index (χ3v) is 3.56. The second-order valence-electron chi connectivity index (χ2n) is 4.65. The SMILES string of the molecule is Cl.Cl.NCC(=O)NCC(=O)N1CCN2CCCC2C1. The summed E-state index contributed by atoms with van der Waals surface area (Å²) in [5.41, 5.74) is 5.16. The van der Waals surface area contributed by atoms with Crippen molar-refractivity contribution in [2.75, 3.05) is 39.3 Å². The number of amides is 2. The number of nitrogens with two attached hydrogens (primary N) is 1. The highest BCUT2D eigenvalue weighted by Crippen LogP contribution is 2.21. The number of nitrogens with one attached hydrogen (secondary N) is 1. The summed E-state index contributed by atoms with van der Waals surface area (Å²) in [6.45, 7) is 3.70. The Morgan fingerprint density at radius 1 is 1.21 bits per heavy atom. The minimum atomic E-state index is -0.280. The van der Waals surface area contributed by atoms with Gasteiger partial charge in [-0.3, -0.25) is 14.5 Å². The zero-order chi connectivity index (χ0) is 12.3. The molecular weight excluding hydrogens is 291 g/mol. The van der Waals surface area contributed by atoms with Crippen molar-refractivity contribution in [1.29, 1.82) is 0 Å². The maximum absolute atomic E-state index is 11.9. The molecule has 2 amide bonds. The zero-order valence-corrected chi connectivity index (χ0v) is 12.5. The van der Waals surface area contributed by atoms with Gasteiger partial charge in [0.2, 0.25) is 11.8 Å². The molecule has 2 rings (SSSR count). The Morgan fingerprint density at radius 2 is 1.95 bits per heavy atom. The van der Waals surface area contributed by atoms with Gasteiger partial charge in [0, 0.05) is 25.7 Å². The summed E-state index contributed by atoms with van der Waals surface area (Å²) in [5, 5.41) is 2.52. The number of carbonyl (C=O) groups excluding carboxylic acids is 2. The van der Waals surface area contributed by atoms with Crippen LogP contribution in [0.25, 0.3) is 0 Å². The molecule has 0 aromatic rings. The maximum Gasteiger partial charge on any atom is 0.242 e. The van der Waals surface area contributed by atoms with E-state index in [1.54, 1.807) is 0 Å². The molecule has 0 aromatic heterocycles. The third kappa shape index (κ3) is 4.80. The molecule has 0 radical (unpaired) electrons. The standard InChI is InChI=1S/C11H20N4O2.2ClH/c12-6-10(16)13-7-11(17)15-5-4-14-3-1-2-9(14)8-15;;/h9H,1-8,12H2,(H,13,16);2*1H. The highest BCUT2D eigenvalue weighted by atomic mass is 35.5. The van der Waals surface area contributed by atoms with Crippen LogP contribution in [0.2, 0.25) is 0 Å². The van der Waals surface area contributed by atoms with E-state index in [1.807, 2.05) is 4.90 Å². The zero-order valence-electron chi connectivity index (χ0n) is 10.8. The van der Waals surface area contributed by atoms with Gasteiger partial charge in [0.1, 0.15) is 0 Å². The summed E-state index contributed by atoms with van der Waals surface area (Å²) in [6, 6.07) is 0.526. The van der Waals surface area contributed by atoms with Gasteiger partial charge in [-0.05, 0) is 19.4 Å². The summed E-state index contributed by atoms with van der Waals surface area (Å²) >= 11 is 0. The Hall–Kier alpha value is -0.560. The monoisotopic (exact) mass is 312 g/mol. The molecule has 112 valence electrons. The lowest BCUT2D eigenvalue weighted by Gasteiger charge is -2.37. The van der Waals surface area contributed by atoms with E-state index in [0.717, 1.165) is 26.2 Å². The smallest absolute Gasteiger partial charge is 0.242 e. The Labute approximate surface area is 125 Å². The molecule has 2 saturated heterocycles. The van der Waals surface area contributed by atoms with E-state index in [-0.39, 0.29) is 49.7 Å². The lowest BCUT2D eigenvalue weighted by atomic mass is 10.1. The van der Waals surface area contributed by atoms with E-state index in [0.29, 0.717) is 6.04 Å². The first-order valence-corrected chi connectivity index (χ1v) is 6.19. The molecule has 0 aliphatic carbocycles. The second-order valence-corrected chi connectivity index (χ2v) is 4.65. The van der Waals surface area contributed by atoms with Crippen molar-refractivity contribution >= 4 is 36.6 Å². The van der Waals surface area contributed by atoms with Crippen molar-refractivity contribution in [3.63, 3.8) is 0 Å². The van der Waals surface area contributed by atoms with Crippen LogP contribution in [0.15, 0.2) is 0 Å². The third-order valence-electron chi connectivity index (χ3n) is 3.56. The van der Waals surface area contributed by atoms with Crippen LogP contribution in [-0.2, 0) is 9.59 Å². The Balaban J connectivity index is 0.00000162. The summed E-state index contributed by atoms with van der Waals surface area (Å²) in [7, 11) is 0. The van der Waals surface area contributed by atoms with Crippen molar-refractivity contribution in [1.82, 2.24) is 15.1 Å². The maximum atomic E-state index is 11.9. The predicted octanol–water partition coefficient (Wildman–Crippen LogP) is -0.788. The number of fused-ring (bicyclic) bond motifs is 1. The van der Waals surface area contributed by atoms with Gasteiger partial charge in [-0.15, -0.1) is 24.8 Å². The summed E-state index contributed by atoms with van der Waals surface area (Å²) in [5.74, 6) is -0.281. The van der Waals surface area contributed by atoms with Crippen LogP contribution in [0.4, 0.5) is 0 Å². The molecule has 6 nitrogen and oxygen atoms in total. The van der Waals surface area contributed by atoms with E-state index < -0.39 is 0 Å². The van der Waals surface area contributed by atoms with Gasteiger partial charge < -0.3 is 16.0 Å². The van der Waals surface area contributed by atoms with E-state index in [9.17, 15) is 9.59 Å². The fourth-order valence-electron chi connectivity index (χ4n) is 2.58. The van der Waals surface area contributed by atoms with Crippen LogP contribution < -0.4 is 11.1 Å². The first-order chi connectivity index (χ1) is 8.20. The molecule has 2 heterocycles. The van der Waals surface area contributed by atoms with Crippen LogP contribution in [-0.4, -0.2) is 66.9 Å². The lowest BCUT2D eigenvalue weighted by molar-refractivity contribution is -0.134. The van der Waals surface area contributed by atoms with Crippen LogP contribution in [0.5, 0.6) is 0 Å². The van der Waals surface area contributed by atoms with Crippen LogP contribution in [0.1, 0.15) is 12.8 Å². The number of carbonyl (C=O) groups is 2. The fraction of sp³-hybridized carbons (Fsp3) is 0.818. The second kappa shape index (κ2) is 8.58. The Bertz CT molecular complexity index is 317. The van der Waals surface area contributed by atoms with Gasteiger partial charge in [0.25, 0.3) is 0 Å². The highest BCUT2D eigenvalue weighted by Gasteiger charge is 2.32. The molecule has 2 fully saturated rings. The normalized spacial score (nSPS) is 21.9. The lowest BCUT2D eigenvalue weighted by Crippen LogP contribution is -2.54. The van der Waals surface area contributed by atoms with Gasteiger partial charge in [0.05, 0.1) is 13.1 Å². The van der Waals surface area contributed by atoms with Crippen molar-refractivity contribution in [3.8, 4) is 0 Å². The minimum absolute atomic E-state index is 0. The van der Waals surface area contributed by atoms with E-state index in [2.05, 4.69) is 10.2 Å². The van der Waals surface area contributed by atoms with Gasteiger partial charge in [0.15, 0.2) is 0 Å². The molecule has 1 unspecified atom stereocenters. The fourth-order valence-corrected chi connectivity index (χ4v) is 2.58. The van der Waals surface area contributed by atoms with Gasteiger partial charge >= 0.3 is 0 Å². The van der Waals surface area contributed by atoms with E-state index in [4.69, 9.17) is 5.73 Å². The number of piperazine rings is 1. The topological polar surface area (TPSA) is 78.7 Å². The minimum Gasteiger partial charge on any atom is -0.346 e. The molecule has 0 aromatic carbocycles. The quantitative estimate of drug-likeness (QED) is 0.716. The number of rotatable bonds is 3. The van der Waals surface area contributed by atoms with Crippen molar-refractivity contribution < 1.29 is 9.59 Å². The first kappa shape index (κ1) is 18.4. The van der Waals surface area contributed by atoms with Crippen molar-refractivity contribution in [3.05, 3.63) is 0 Å². The van der Waals surface area contributed by atoms with Gasteiger partial charge in [-0.25, -0.2) is 0 Å². The van der Waals surface area contributed by atoms with E-state index in [1.165, 1.54) is 12.8 Å². The van der Waals surface area contributed by atoms with Crippen LogP contribution in [0, 0.1) is 0 Å². The van der Waals surface area contributed by atoms with Crippen LogP contribution in [0.3, 0.4) is 0 Å². The van der Waals surface area contributed by atoms with Crippen LogP contribution >= 0.6 is 24.8 Å². The molecular formula is C11H22Cl2N4O2. The molecule has 0 saturated carbocycles. The first-order valence-electron chi connectivity index (χ1n) is 6.19. The summed E-state index contributed by atoms with van der Waals surface area (Å²) in [6.07, 6.45) is 2.41. The number of hydrogen-bond donors (Lipinski definition) is 2. The van der Waals surface area contributed by atoms with Gasteiger partial charge in [-0.1, -0.05) is 0 Å². The average molecular weight is 313 g/mol. The molecule has 2 aliphatic heterocycles. The Morgan fingerprint density at radius 3 is 2.63 bits per heavy atom. The Kier molecular flexibility index (Phi) is 8.33. The highest BCUT2D eigenvalue weighted by molar-refractivity contribution is 5.86. The molecule has 1 atom stereocenters. The summed E-state index contributed by atoms with van der Waals surface area (Å²) in [4.78, 5) is 27.1. The number of nitrogens with zero attached hydrogens (tertiary/aromatic N) is 2. The molecule has 2 aliphatic rings. The number of halogens is 2. The van der Waals surface area contributed by atoms with E-state index >= 15 is 0 Å².